The first-order chi connectivity index (χ1) is 6.42. The average molecular weight is 205 g/mol. The summed E-state index contributed by atoms with van der Waals surface area (Å²) in [5.41, 5.74) is -0.886. The number of ether oxygens (including phenoxy) is 1. The lowest BCUT2D eigenvalue weighted by Gasteiger charge is -2.31. The zero-order chi connectivity index (χ0) is 11.2. The molecule has 5 heteroatoms. The number of aliphatic hydroxyl groups is 1. The lowest BCUT2D eigenvalue weighted by Crippen LogP contribution is -2.49. The smallest absolute Gasteiger partial charge is 0.323 e. The number of hydrogen-bond acceptors (Lipinski definition) is 4. The molecule has 0 aromatic carbocycles. The highest BCUT2D eigenvalue weighted by molar-refractivity contribution is 5.77. The van der Waals surface area contributed by atoms with Gasteiger partial charge in [-0.3, -0.25) is 9.69 Å². The van der Waals surface area contributed by atoms with Crippen molar-refractivity contribution in [3.8, 4) is 0 Å². The molecule has 0 saturated carbocycles. The first kappa shape index (κ1) is 13.4. The first-order valence-electron chi connectivity index (χ1n) is 4.56. The van der Waals surface area contributed by atoms with Crippen LogP contribution in [-0.2, 0) is 9.53 Å². The molecular weight excluding hydrogens is 186 g/mol. The number of nitrogens with zero attached hydrogens (tertiary/aromatic N) is 1. The van der Waals surface area contributed by atoms with E-state index in [-0.39, 0.29) is 6.61 Å². The Morgan fingerprint density at radius 3 is 2.43 bits per heavy atom. The summed E-state index contributed by atoms with van der Waals surface area (Å²) in [5, 5.41) is 17.3. The van der Waals surface area contributed by atoms with Crippen molar-refractivity contribution in [1.82, 2.24) is 4.90 Å². The van der Waals surface area contributed by atoms with Crippen LogP contribution in [0.1, 0.15) is 13.8 Å². The molecule has 0 aromatic rings. The van der Waals surface area contributed by atoms with Crippen LogP contribution >= 0.6 is 0 Å². The van der Waals surface area contributed by atoms with Crippen LogP contribution in [-0.4, -0.2) is 60.0 Å². The van der Waals surface area contributed by atoms with Gasteiger partial charge in [0.05, 0.1) is 19.8 Å². The van der Waals surface area contributed by atoms with Crippen molar-refractivity contribution in [3.63, 3.8) is 0 Å². The maximum atomic E-state index is 10.8. The molecule has 0 aliphatic carbocycles. The van der Waals surface area contributed by atoms with Crippen LogP contribution in [0.15, 0.2) is 0 Å². The van der Waals surface area contributed by atoms with Crippen LogP contribution in [0.25, 0.3) is 0 Å². The summed E-state index contributed by atoms with van der Waals surface area (Å²) < 4.78 is 5.04. The number of likely N-dealkylation sites (N-methyl/N-ethyl adjacent to an activating group) is 1. The predicted octanol–water partition coefficient (Wildman–Crippen LogP) is -0.210. The van der Waals surface area contributed by atoms with Crippen molar-refractivity contribution in [2.75, 3.05) is 33.4 Å². The van der Waals surface area contributed by atoms with E-state index in [1.54, 1.807) is 25.8 Å². The van der Waals surface area contributed by atoms with Gasteiger partial charge in [-0.25, -0.2) is 0 Å². The number of carboxylic acid groups (broad SMARTS) is 1. The van der Waals surface area contributed by atoms with Gasteiger partial charge in [-0.15, -0.1) is 0 Å². The van der Waals surface area contributed by atoms with E-state index in [2.05, 4.69) is 0 Å². The van der Waals surface area contributed by atoms with E-state index >= 15 is 0 Å². The van der Waals surface area contributed by atoms with E-state index in [1.807, 2.05) is 0 Å². The van der Waals surface area contributed by atoms with E-state index in [9.17, 15) is 4.79 Å². The van der Waals surface area contributed by atoms with Gasteiger partial charge in [-0.2, -0.15) is 0 Å². The molecule has 0 heterocycles. The number of aliphatic carboxylic acids is 1. The Morgan fingerprint density at radius 2 is 2.00 bits per heavy atom. The summed E-state index contributed by atoms with van der Waals surface area (Å²) in [5.74, 6) is -0.859. The Bertz CT molecular complexity index is 182. The second-order valence-electron chi connectivity index (χ2n) is 3.62. The standard InChI is InChI=1S/C9H19NO4/c1-9(2,8(12)13)10(3)4-6-14-7-5-11/h11H,4-7H2,1-3H3,(H,12,13). The van der Waals surface area contributed by atoms with E-state index in [4.69, 9.17) is 14.9 Å². The van der Waals surface area contributed by atoms with E-state index in [0.29, 0.717) is 19.8 Å². The van der Waals surface area contributed by atoms with E-state index < -0.39 is 11.5 Å². The normalized spacial score (nSPS) is 12.1. The Hall–Kier alpha value is -0.650. The third-order valence-electron chi connectivity index (χ3n) is 2.28. The molecule has 0 aliphatic heterocycles. The highest BCUT2D eigenvalue weighted by atomic mass is 16.5. The topological polar surface area (TPSA) is 70.0 Å². The van der Waals surface area contributed by atoms with Crippen LogP contribution in [0.4, 0.5) is 0 Å². The molecule has 0 saturated heterocycles. The number of carbonyl (C=O) groups is 1. The van der Waals surface area contributed by atoms with Gasteiger partial charge in [0.15, 0.2) is 0 Å². The van der Waals surface area contributed by atoms with Crippen LogP contribution < -0.4 is 0 Å². The van der Waals surface area contributed by atoms with Gasteiger partial charge in [0.25, 0.3) is 0 Å². The number of aliphatic hydroxyl groups excluding tert-OH is 1. The second kappa shape index (κ2) is 5.95. The molecule has 0 unspecified atom stereocenters. The SMILES string of the molecule is CN(CCOCCO)C(C)(C)C(=O)O. The molecule has 2 N–H and O–H groups in total. The molecule has 0 bridgehead atoms. The van der Waals surface area contributed by atoms with Crippen LogP contribution in [0, 0.1) is 0 Å². The molecule has 0 rings (SSSR count). The third-order valence-corrected chi connectivity index (χ3v) is 2.28. The van der Waals surface area contributed by atoms with Crippen molar-refractivity contribution in [2.24, 2.45) is 0 Å². The Kier molecular flexibility index (Phi) is 5.68. The maximum absolute atomic E-state index is 10.8. The molecule has 14 heavy (non-hydrogen) atoms. The van der Waals surface area contributed by atoms with E-state index in [0.717, 1.165) is 0 Å². The highest BCUT2D eigenvalue weighted by Gasteiger charge is 2.31. The number of carboxylic acids is 1. The van der Waals surface area contributed by atoms with Crippen molar-refractivity contribution >= 4 is 5.97 Å². The minimum atomic E-state index is -0.886. The summed E-state index contributed by atoms with van der Waals surface area (Å²) in [4.78, 5) is 12.5. The zero-order valence-electron chi connectivity index (χ0n) is 8.99. The third kappa shape index (κ3) is 4.04. The molecule has 0 atom stereocenters. The van der Waals surface area contributed by atoms with Crippen LogP contribution in [0.5, 0.6) is 0 Å². The fraction of sp³-hybridized carbons (Fsp3) is 0.889. The lowest BCUT2D eigenvalue weighted by molar-refractivity contribution is -0.148. The molecule has 0 amide bonds. The van der Waals surface area contributed by atoms with Gasteiger partial charge >= 0.3 is 5.97 Å². The minimum Gasteiger partial charge on any atom is -0.480 e. The highest BCUT2D eigenvalue weighted by Crippen LogP contribution is 2.11. The van der Waals surface area contributed by atoms with Gasteiger partial charge in [0.1, 0.15) is 5.54 Å². The molecule has 0 spiro atoms. The maximum Gasteiger partial charge on any atom is 0.323 e. The molecule has 0 aromatic heterocycles. The minimum absolute atomic E-state index is 0.00790. The largest absolute Gasteiger partial charge is 0.480 e. The van der Waals surface area contributed by atoms with Gasteiger partial charge in [0, 0.05) is 6.54 Å². The molecule has 84 valence electrons. The van der Waals surface area contributed by atoms with Gasteiger partial charge in [-0.1, -0.05) is 0 Å². The van der Waals surface area contributed by atoms with Crippen molar-refractivity contribution in [1.29, 1.82) is 0 Å². The molecule has 5 nitrogen and oxygen atoms in total. The van der Waals surface area contributed by atoms with Gasteiger partial charge in [-0.05, 0) is 20.9 Å². The summed E-state index contributed by atoms with van der Waals surface area (Å²) in [6.07, 6.45) is 0. The summed E-state index contributed by atoms with van der Waals surface area (Å²) in [6.45, 7) is 4.52. The summed E-state index contributed by atoms with van der Waals surface area (Å²) in [7, 11) is 1.73. The van der Waals surface area contributed by atoms with Crippen LogP contribution in [0.2, 0.25) is 0 Å². The molecule has 0 fully saturated rings. The predicted molar refractivity (Wildman–Crippen MR) is 52.2 cm³/mol. The van der Waals surface area contributed by atoms with Crippen molar-refractivity contribution in [2.45, 2.75) is 19.4 Å². The van der Waals surface area contributed by atoms with Gasteiger partial charge in [0.2, 0.25) is 0 Å². The fourth-order valence-electron chi connectivity index (χ4n) is 0.811. The first-order valence-corrected chi connectivity index (χ1v) is 4.56. The molecule has 0 radical (unpaired) electrons. The summed E-state index contributed by atoms with van der Waals surface area (Å²) >= 11 is 0. The Morgan fingerprint density at radius 1 is 1.43 bits per heavy atom. The number of rotatable bonds is 7. The Labute approximate surface area is 84.3 Å². The average Bonchev–Trinajstić information content (AvgIpc) is 2.11. The van der Waals surface area contributed by atoms with Crippen LogP contribution in [0.3, 0.4) is 0 Å². The monoisotopic (exact) mass is 205 g/mol. The fourth-order valence-corrected chi connectivity index (χ4v) is 0.811. The van der Waals surface area contributed by atoms with E-state index in [1.165, 1.54) is 0 Å². The zero-order valence-corrected chi connectivity index (χ0v) is 8.99. The van der Waals surface area contributed by atoms with Crippen molar-refractivity contribution < 1.29 is 19.7 Å². The van der Waals surface area contributed by atoms with Crippen molar-refractivity contribution in [3.05, 3.63) is 0 Å². The quantitative estimate of drug-likeness (QED) is 0.563. The molecular formula is C9H19NO4. The Balaban J connectivity index is 3.83. The summed E-state index contributed by atoms with van der Waals surface area (Å²) in [6, 6.07) is 0. The number of hydrogen-bond donors (Lipinski definition) is 2. The molecule has 0 aliphatic rings. The second-order valence-corrected chi connectivity index (χ2v) is 3.62. The lowest BCUT2D eigenvalue weighted by atomic mass is 10.0. The van der Waals surface area contributed by atoms with Gasteiger partial charge < -0.3 is 14.9 Å².